The molecule has 2 aromatic rings. The largest absolute Gasteiger partial charge is 0.384 e. The molecule has 0 aromatic heterocycles. The average molecular weight is 299 g/mol. The lowest BCUT2D eigenvalue weighted by atomic mass is 10.1. The maximum Gasteiger partial charge on any atom is 0.126 e. The standard InChI is InChI=1S/C17H21N3S/c1-20(12-11-13-7-4-3-5-8-13)14-9-6-10-15(21-2)16(14)17(18)19/h3-10H,11-12H2,1-2H3,(H3,18,19). The molecule has 0 unspecified atom stereocenters. The van der Waals surface area contributed by atoms with Crippen molar-refractivity contribution >= 4 is 23.3 Å². The van der Waals surface area contributed by atoms with Gasteiger partial charge in [-0.05, 0) is 30.4 Å². The first-order valence-corrected chi connectivity index (χ1v) is 8.12. The van der Waals surface area contributed by atoms with Crippen LogP contribution in [0.2, 0.25) is 0 Å². The zero-order chi connectivity index (χ0) is 15.2. The lowest BCUT2D eigenvalue weighted by molar-refractivity contribution is 0.873. The molecule has 21 heavy (non-hydrogen) atoms. The van der Waals surface area contributed by atoms with Crippen molar-refractivity contribution in [3.05, 3.63) is 59.7 Å². The van der Waals surface area contributed by atoms with Gasteiger partial charge in [0.05, 0.1) is 5.56 Å². The fourth-order valence-electron chi connectivity index (χ4n) is 2.34. The van der Waals surface area contributed by atoms with E-state index in [1.165, 1.54) is 5.56 Å². The Labute approximate surface area is 130 Å². The molecule has 2 rings (SSSR count). The van der Waals surface area contributed by atoms with Crippen molar-refractivity contribution < 1.29 is 0 Å². The molecule has 3 nitrogen and oxygen atoms in total. The van der Waals surface area contributed by atoms with Crippen molar-refractivity contribution in [2.24, 2.45) is 5.73 Å². The van der Waals surface area contributed by atoms with E-state index in [1.807, 2.05) is 30.5 Å². The number of thioether (sulfide) groups is 1. The van der Waals surface area contributed by atoms with Gasteiger partial charge in [-0.3, -0.25) is 5.41 Å². The van der Waals surface area contributed by atoms with Crippen LogP contribution in [0.15, 0.2) is 53.4 Å². The van der Waals surface area contributed by atoms with Crippen LogP contribution in [-0.4, -0.2) is 25.7 Å². The molecule has 0 fully saturated rings. The number of likely N-dealkylation sites (N-methyl/N-ethyl adjacent to an activating group) is 1. The van der Waals surface area contributed by atoms with Crippen LogP contribution in [-0.2, 0) is 6.42 Å². The molecule has 0 aliphatic carbocycles. The summed E-state index contributed by atoms with van der Waals surface area (Å²) in [4.78, 5) is 3.22. The van der Waals surface area contributed by atoms with Crippen molar-refractivity contribution in [2.45, 2.75) is 11.3 Å². The van der Waals surface area contributed by atoms with Gasteiger partial charge in [-0.2, -0.15) is 0 Å². The Morgan fingerprint density at radius 2 is 1.86 bits per heavy atom. The van der Waals surface area contributed by atoms with E-state index < -0.39 is 0 Å². The van der Waals surface area contributed by atoms with E-state index in [1.54, 1.807) is 11.8 Å². The summed E-state index contributed by atoms with van der Waals surface area (Å²) in [5.41, 5.74) is 8.95. The number of benzene rings is 2. The molecule has 0 atom stereocenters. The summed E-state index contributed by atoms with van der Waals surface area (Å²) in [7, 11) is 2.05. The van der Waals surface area contributed by atoms with E-state index in [0.717, 1.165) is 29.1 Å². The number of rotatable bonds is 6. The SMILES string of the molecule is CSc1cccc(N(C)CCc2ccccc2)c1C(=N)N. The van der Waals surface area contributed by atoms with E-state index in [-0.39, 0.29) is 5.84 Å². The number of anilines is 1. The number of hydrogen-bond donors (Lipinski definition) is 2. The van der Waals surface area contributed by atoms with Gasteiger partial charge < -0.3 is 10.6 Å². The number of nitrogens with zero attached hydrogens (tertiary/aromatic N) is 1. The molecule has 2 aromatic carbocycles. The average Bonchev–Trinajstić information content (AvgIpc) is 2.52. The van der Waals surface area contributed by atoms with Gasteiger partial charge in [0, 0.05) is 24.2 Å². The third-order valence-corrected chi connectivity index (χ3v) is 4.26. The van der Waals surface area contributed by atoms with Gasteiger partial charge in [0.1, 0.15) is 5.84 Å². The number of nitrogens with two attached hydrogens (primary N) is 1. The van der Waals surface area contributed by atoms with Gasteiger partial charge in [-0.15, -0.1) is 11.8 Å². The second kappa shape index (κ2) is 7.18. The zero-order valence-corrected chi connectivity index (χ0v) is 13.3. The van der Waals surface area contributed by atoms with Crippen LogP contribution in [0.1, 0.15) is 11.1 Å². The second-order valence-corrected chi connectivity index (χ2v) is 5.77. The Hall–Kier alpha value is -1.94. The Bertz CT molecular complexity index is 611. The normalized spacial score (nSPS) is 10.4. The fourth-order valence-corrected chi connectivity index (χ4v) is 2.97. The quantitative estimate of drug-likeness (QED) is 0.488. The molecule has 3 N–H and O–H groups in total. The number of hydrogen-bond acceptors (Lipinski definition) is 3. The number of amidine groups is 1. The van der Waals surface area contributed by atoms with E-state index in [2.05, 4.69) is 36.2 Å². The number of nitrogen functional groups attached to an aromatic ring is 1. The first-order chi connectivity index (χ1) is 10.1. The van der Waals surface area contributed by atoms with E-state index in [9.17, 15) is 0 Å². The van der Waals surface area contributed by atoms with E-state index in [4.69, 9.17) is 11.1 Å². The summed E-state index contributed by atoms with van der Waals surface area (Å²) in [5, 5.41) is 7.85. The maximum absolute atomic E-state index is 7.85. The molecule has 0 amide bonds. The molecule has 4 heteroatoms. The first-order valence-electron chi connectivity index (χ1n) is 6.90. The molecule has 0 bridgehead atoms. The fraction of sp³-hybridized carbons (Fsp3) is 0.235. The van der Waals surface area contributed by atoms with Crippen molar-refractivity contribution in [3.8, 4) is 0 Å². The molecular weight excluding hydrogens is 278 g/mol. The third-order valence-electron chi connectivity index (χ3n) is 3.48. The van der Waals surface area contributed by atoms with Gasteiger partial charge in [0.2, 0.25) is 0 Å². The monoisotopic (exact) mass is 299 g/mol. The predicted molar refractivity (Wildman–Crippen MR) is 92.7 cm³/mol. The zero-order valence-electron chi connectivity index (χ0n) is 12.5. The Morgan fingerprint density at radius 1 is 1.14 bits per heavy atom. The predicted octanol–water partition coefficient (Wildman–Crippen LogP) is 3.37. The Kier molecular flexibility index (Phi) is 5.28. The Balaban J connectivity index is 2.19. The highest BCUT2D eigenvalue weighted by molar-refractivity contribution is 7.98. The highest BCUT2D eigenvalue weighted by Crippen LogP contribution is 2.28. The van der Waals surface area contributed by atoms with Crippen molar-refractivity contribution in [1.29, 1.82) is 5.41 Å². The summed E-state index contributed by atoms with van der Waals surface area (Å²) >= 11 is 1.62. The number of nitrogens with one attached hydrogen (secondary N) is 1. The van der Waals surface area contributed by atoms with Crippen LogP contribution in [0.3, 0.4) is 0 Å². The summed E-state index contributed by atoms with van der Waals surface area (Å²) in [6.07, 6.45) is 2.98. The van der Waals surface area contributed by atoms with Crippen molar-refractivity contribution in [3.63, 3.8) is 0 Å². The van der Waals surface area contributed by atoms with Gasteiger partial charge in [0.15, 0.2) is 0 Å². The van der Waals surface area contributed by atoms with Crippen LogP contribution in [0, 0.1) is 5.41 Å². The smallest absolute Gasteiger partial charge is 0.126 e. The molecular formula is C17H21N3S. The topological polar surface area (TPSA) is 53.1 Å². The van der Waals surface area contributed by atoms with E-state index >= 15 is 0 Å². The lowest BCUT2D eigenvalue weighted by Crippen LogP contribution is -2.25. The van der Waals surface area contributed by atoms with Crippen molar-refractivity contribution in [1.82, 2.24) is 0 Å². The van der Waals surface area contributed by atoms with Crippen LogP contribution < -0.4 is 10.6 Å². The minimum Gasteiger partial charge on any atom is -0.384 e. The van der Waals surface area contributed by atoms with Crippen molar-refractivity contribution in [2.75, 3.05) is 24.7 Å². The molecule has 0 saturated carbocycles. The van der Waals surface area contributed by atoms with Crippen LogP contribution in [0.4, 0.5) is 5.69 Å². The molecule has 0 radical (unpaired) electrons. The highest BCUT2D eigenvalue weighted by atomic mass is 32.2. The third kappa shape index (κ3) is 3.79. The highest BCUT2D eigenvalue weighted by Gasteiger charge is 2.13. The van der Waals surface area contributed by atoms with Crippen LogP contribution >= 0.6 is 11.8 Å². The van der Waals surface area contributed by atoms with Crippen LogP contribution in [0.25, 0.3) is 0 Å². The first kappa shape index (κ1) is 15.4. The second-order valence-electron chi connectivity index (χ2n) is 4.93. The van der Waals surface area contributed by atoms with E-state index in [0.29, 0.717) is 0 Å². The molecule has 0 heterocycles. The van der Waals surface area contributed by atoms with Crippen LogP contribution in [0.5, 0.6) is 0 Å². The molecule has 0 saturated heterocycles. The molecule has 0 aliphatic heterocycles. The summed E-state index contributed by atoms with van der Waals surface area (Å²) in [6.45, 7) is 0.891. The summed E-state index contributed by atoms with van der Waals surface area (Å²) in [6, 6.07) is 16.5. The lowest BCUT2D eigenvalue weighted by Gasteiger charge is -2.23. The van der Waals surface area contributed by atoms with Gasteiger partial charge in [-0.25, -0.2) is 0 Å². The molecule has 0 spiro atoms. The molecule has 110 valence electrons. The van der Waals surface area contributed by atoms with Gasteiger partial charge in [-0.1, -0.05) is 36.4 Å². The van der Waals surface area contributed by atoms with Gasteiger partial charge in [0.25, 0.3) is 0 Å². The molecule has 0 aliphatic rings. The van der Waals surface area contributed by atoms with Gasteiger partial charge >= 0.3 is 0 Å². The Morgan fingerprint density at radius 3 is 2.48 bits per heavy atom. The minimum atomic E-state index is 0.126. The summed E-state index contributed by atoms with van der Waals surface area (Å²) in [5.74, 6) is 0.126. The minimum absolute atomic E-state index is 0.126. The summed E-state index contributed by atoms with van der Waals surface area (Å²) < 4.78 is 0. The maximum atomic E-state index is 7.85.